The monoisotopic (exact) mass is 281 g/mol. The maximum Gasteiger partial charge on any atom is 0.275 e. The van der Waals surface area contributed by atoms with Gasteiger partial charge in [0.25, 0.3) is 5.91 Å². The zero-order valence-corrected chi connectivity index (χ0v) is 11.7. The Labute approximate surface area is 114 Å². The highest BCUT2D eigenvalue weighted by atomic mass is 32.1. The van der Waals surface area contributed by atoms with Gasteiger partial charge in [0, 0.05) is 18.0 Å². The third-order valence-electron chi connectivity index (χ3n) is 2.47. The first kappa shape index (κ1) is 13.2. The number of thiophene rings is 2. The van der Waals surface area contributed by atoms with E-state index < -0.39 is 0 Å². The molecule has 0 aromatic carbocycles. The van der Waals surface area contributed by atoms with Crippen LogP contribution in [0.4, 0.5) is 0 Å². The van der Waals surface area contributed by atoms with Crippen LogP contribution in [-0.4, -0.2) is 17.9 Å². The molecule has 0 aliphatic carbocycles. The normalized spacial score (nSPS) is 10.8. The van der Waals surface area contributed by atoms with E-state index in [-0.39, 0.29) is 5.91 Å². The molecule has 18 heavy (non-hydrogen) atoms. The van der Waals surface area contributed by atoms with Gasteiger partial charge in [-0.1, -0.05) is 0 Å². The summed E-state index contributed by atoms with van der Waals surface area (Å²) in [4.78, 5) is 15.4. The van der Waals surface area contributed by atoms with Crippen LogP contribution >= 0.6 is 22.7 Å². The fourth-order valence-electron chi connectivity index (χ4n) is 1.67. The SMILES string of the molecule is CN(Cc1ccsc1)Cc1ccc(C(=O)NN)s1. The third-order valence-corrected chi connectivity index (χ3v) is 4.28. The highest BCUT2D eigenvalue weighted by Gasteiger charge is 2.09. The number of hydrogen-bond acceptors (Lipinski definition) is 5. The second-order valence-corrected chi connectivity index (χ2v) is 5.99. The number of nitrogens with one attached hydrogen (secondary N) is 1. The fourth-order valence-corrected chi connectivity index (χ4v) is 3.32. The summed E-state index contributed by atoms with van der Waals surface area (Å²) in [6, 6.07) is 5.91. The number of hydrogen-bond donors (Lipinski definition) is 2. The lowest BCUT2D eigenvalue weighted by molar-refractivity contribution is 0.0957. The van der Waals surface area contributed by atoms with E-state index in [1.165, 1.54) is 16.9 Å². The molecule has 0 unspecified atom stereocenters. The molecular formula is C12H15N3OS2. The first-order valence-corrected chi connectivity index (χ1v) is 7.24. The van der Waals surface area contributed by atoms with Crippen LogP contribution in [0.2, 0.25) is 0 Å². The van der Waals surface area contributed by atoms with Crippen LogP contribution in [0.1, 0.15) is 20.1 Å². The van der Waals surface area contributed by atoms with Crippen molar-refractivity contribution in [2.24, 2.45) is 5.84 Å². The number of carbonyl (C=O) groups is 1. The van der Waals surface area contributed by atoms with Crippen molar-refractivity contribution < 1.29 is 4.79 Å². The highest BCUT2D eigenvalue weighted by molar-refractivity contribution is 7.14. The van der Waals surface area contributed by atoms with Crippen molar-refractivity contribution in [2.45, 2.75) is 13.1 Å². The topological polar surface area (TPSA) is 58.4 Å². The Morgan fingerprint density at radius 3 is 2.89 bits per heavy atom. The molecule has 4 nitrogen and oxygen atoms in total. The van der Waals surface area contributed by atoms with Gasteiger partial charge in [0.2, 0.25) is 0 Å². The van der Waals surface area contributed by atoms with Crippen LogP contribution in [0.15, 0.2) is 29.0 Å². The van der Waals surface area contributed by atoms with Gasteiger partial charge in [-0.3, -0.25) is 15.1 Å². The van der Waals surface area contributed by atoms with Gasteiger partial charge >= 0.3 is 0 Å². The van der Waals surface area contributed by atoms with Crippen LogP contribution < -0.4 is 11.3 Å². The van der Waals surface area contributed by atoms with Crippen molar-refractivity contribution in [3.63, 3.8) is 0 Å². The van der Waals surface area contributed by atoms with Crippen molar-refractivity contribution in [1.82, 2.24) is 10.3 Å². The van der Waals surface area contributed by atoms with E-state index in [0.717, 1.165) is 18.0 Å². The third kappa shape index (κ3) is 3.39. The second-order valence-electron chi connectivity index (χ2n) is 4.04. The Morgan fingerprint density at radius 2 is 2.22 bits per heavy atom. The zero-order valence-electron chi connectivity index (χ0n) is 10.1. The molecule has 2 heterocycles. The molecule has 1 amide bonds. The Hall–Kier alpha value is -1.21. The second kappa shape index (κ2) is 6.10. The smallest absolute Gasteiger partial charge is 0.275 e. The molecule has 0 atom stereocenters. The van der Waals surface area contributed by atoms with Crippen LogP contribution in [0.5, 0.6) is 0 Å². The molecule has 0 fully saturated rings. The maximum absolute atomic E-state index is 11.3. The Balaban J connectivity index is 1.92. The summed E-state index contributed by atoms with van der Waals surface area (Å²) in [6.45, 7) is 1.75. The van der Waals surface area contributed by atoms with E-state index in [0.29, 0.717) is 4.88 Å². The van der Waals surface area contributed by atoms with Gasteiger partial charge in [-0.15, -0.1) is 11.3 Å². The number of carbonyl (C=O) groups excluding carboxylic acids is 1. The van der Waals surface area contributed by atoms with Gasteiger partial charge in [-0.25, -0.2) is 5.84 Å². The van der Waals surface area contributed by atoms with Crippen molar-refractivity contribution >= 4 is 28.6 Å². The number of rotatable bonds is 5. The van der Waals surface area contributed by atoms with E-state index in [1.54, 1.807) is 17.4 Å². The Kier molecular flexibility index (Phi) is 4.48. The van der Waals surface area contributed by atoms with E-state index in [9.17, 15) is 4.79 Å². The predicted molar refractivity (Wildman–Crippen MR) is 75.5 cm³/mol. The lowest BCUT2D eigenvalue weighted by atomic mass is 10.3. The van der Waals surface area contributed by atoms with Crippen molar-refractivity contribution in [3.8, 4) is 0 Å². The van der Waals surface area contributed by atoms with Crippen LogP contribution in [0.3, 0.4) is 0 Å². The van der Waals surface area contributed by atoms with Crippen LogP contribution in [-0.2, 0) is 13.1 Å². The molecule has 2 aromatic heterocycles. The number of nitrogen functional groups attached to an aromatic ring is 1. The minimum atomic E-state index is -0.230. The number of hydrazine groups is 1. The van der Waals surface area contributed by atoms with Gasteiger partial charge in [0.05, 0.1) is 4.88 Å². The predicted octanol–water partition coefficient (Wildman–Crippen LogP) is 2.05. The summed E-state index contributed by atoms with van der Waals surface area (Å²) in [7, 11) is 2.07. The summed E-state index contributed by atoms with van der Waals surface area (Å²) in [6.07, 6.45) is 0. The molecule has 0 saturated heterocycles. The average molecular weight is 281 g/mol. The fraction of sp³-hybridized carbons (Fsp3) is 0.250. The van der Waals surface area contributed by atoms with E-state index in [4.69, 9.17) is 5.84 Å². The van der Waals surface area contributed by atoms with E-state index in [1.807, 2.05) is 6.07 Å². The lowest BCUT2D eigenvalue weighted by Gasteiger charge is -2.14. The standard InChI is InChI=1S/C12H15N3OS2/c1-15(6-9-4-5-17-8-9)7-10-2-3-11(18-10)12(16)14-13/h2-5,8H,6-7,13H2,1H3,(H,14,16). The average Bonchev–Trinajstić information content (AvgIpc) is 2.99. The molecule has 0 aliphatic rings. The van der Waals surface area contributed by atoms with Gasteiger partial charge in [-0.2, -0.15) is 11.3 Å². The zero-order chi connectivity index (χ0) is 13.0. The van der Waals surface area contributed by atoms with Crippen molar-refractivity contribution in [3.05, 3.63) is 44.3 Å². The highest BCUT2D eigenvalue weighted by Crippen LogP contribution is 2.19. The van der Waals surface area contributed by atoms with Gasteiger partial charge in [0.15, 0.2) is 0 Å². The molecule has 6 heteroatoms. The first-order chi connectivity index (χ1) is 8.69. The van der Waals surface area contributed by atoms with Crippen LogP contribution in [0, 0.1) is 0 Å². The van der Waals surface area contributed by atoms with Gasteiger partial charge < -0.3 is 0 Å². The molecule has 0 saturated carbocycles. The molecule has 0 aliphatic heterocycles. The molecule has 3 N–H and O–H groups in total. The molecular weight excluding hydrogens is 266 g/mol. The number of nitrogens with zero attached hydrogens (tertiary/aromatic N) is 1. The Morgan fingerprint density at radius 1 is 1.39 bits per heavy atom. The summed E-state index contributed by atoms with van der Waals surface area (Å²) < 4.78 is 0. The van der Waals surface area contributed by atoms with Crippen molar-refractivity contribution in [1.29, 1.82) is 0 Å². The quantitative estimate of drug-likeness (QED) is 0.501. The van der Waals surface area contributed by atoms with Crippen molar-refractivity contribution in [2.75, 3.05) is 7.05 Å². The lowest BCUT2D eigenvalue weighted by Crippen LogP contribution is -2.29. The molecule has 0 bridgehead atoms. The molecule has 0 radical (unpaired) electrons. The summed E-state index contributed by atoms with van der Waals surface area (Å²) in [5.74, 6) is 4.87. The molecule has 0 spiro atoms. The summed E-state index contributed by atoms with van der Waals surface area (Å²) in [5.41, 5.74) is 3.46. The van der Waals surface area contributed by atoms with Crippen LogP contribution in [0.25, 0.3) is 0 Å². The molecule has 2 rings (SSSR count). The maximum atomic E-state index is 11.3. The minimum Gasteiger partial charge on any atom is -0.297 e. The largest absolute Gasteiger partial charge is 0.297 e. The van der Waals surface area contributed by atoms with Gasteiger partial charge in [-0.05, 0) is 41.6 Å². The molecule has 96 valence electrons. The minimum absolute atomic E-state index is 0.230. The summed E-state index contributed by atoms with van der Waals surface area (Å²) >= 11 is 3.18. The number of amides is 1. The summed E-state index contributed by atoms with van der Waals surface area (Å²) in [5, 5.41) is 4.23. The van der Waals surface area contributed by atoms with E-state index in [2.05, 4.69) is 34.2 Å². The van der Waals surface area contributed by atoms with Gasteiger partial charge in [0.1, 0.15) is 0 Å². The first-order valence-electron chi connectivity index (χ1n) is 5.48. The number of nitrogens with two attached hydrogens (primary N) is 1. The van der Waals surface area contributed by atoms with E-state index >= 15 is 0 Å². The molecule has 2 aromatic rings. The Bertz CT molecular complexity index is 507.